The van der Waals surface area contributed by atoms with Gasteiger partial charge in [0.1, 0.15) is 0 Å². The van der Waals surface area contributed by atoms with Gasteiger partial charge in [0.15, 0.2) is 11.2 Å². The van der Waals surface area contributed by atoms with Gasteiger partial charge in [-0.1, -0.05) is 17.3 Å². The number of amides is 1. The summed E-state index contributed by atoms with van der Waals surface area (Å²) in [6.45, 7) is 0.0801. The van der Waals surface area contributed by atoms with Gasteiger partial charge >= 0.3 is 0 Å². The monoisotopic (exact) mass is 403 g/mol. The van der Waals surface area contributed by atoms with Crippen molar-refractivity contribution in [2.75, 3.05) is 26.0 Å². The second kappa shape index (κ2) is 8.26. The number of carbonyl (C=O) groups is 1. The first-order valence-corrected chi connectivity index (χ1v) is 9.42. The summed E-state index contributed by atoms with van der Waals surface area (Å²) in [5.74, 6) is 0.335. The van der Waals surface area contributed by atoms with Crippen molar-refractivity contribution in [3.8, 4) is 5.69 Å². The molecule has 1 amide bonds. The number of aliphatic hydroxyl groups is 1. The summed E-state index contributed by atoms with van der Waals surface area (Å²) < 4.78 is 1.64. The normalized spacial score (nSPS) is 10.9. The molecule has 0 bridgehead atoms. The minimum absolute atomic E-state index is 0.0578. The minimum Gasteiger partial charge on any atom is -0.396 e. The number of nitrogens with one attached hydrogen (secondary N) is 1. The Morgan fingerprint density at radius 1 is 1.17 bits per heavy atom. The number of hydrogen-bond donors (Lipinski definition) is 2. The SMILES string of the molecule is CN(C)C(=O)c1ccc(Nc2ncc3nnn(-c4cccc(CCO)c4)c3n2)cc1. The zero-order chi connectivity index (χ0) is 21.1. The van der Waals surface area contributed by atoms with E-state index in [0.29, 0.717) is 29.1 Å². The summed E-state index contributed by atoms with van der Waals surface area (Å²) >= 11 is 0. The summed E-state index contributed by atoms with van der Waals surface area (Å²) in [7, 11) is 3.43. The summed E-state index contributed by atoms with van der Waals surface area (Å²) in [4.78, 5) is 22.4. The molecule has 2 heterocycles. The third-order valence-corrected chi connectivity index (χ3v) is 4.54. The van der Waals surface area contributed by atoms with E-state index < -0.39 is 0 Å². The van der Waals surface area contributed by atoms with Gasteiger partial charge in [0.2, 0.25) is 5.95 Å². The van der Waals surface area contributed by atoms with Gasteiger partial charge in [-0.3, -0.25) is 4.79 Å². The van der Waals surface area contributed by atoms with Crippen LogP contribution in [-0.2, 0) is 6.42 Å². The van der Waals surface area contributed by atoms with Crippen molar-refractivity contribution in [3.05, 3.63) is 65.9 Å². The van der Waals surface area contributed by atoms with E-state index >= 15 is 0 Å². The van der Waals surface area contributed by atoms with Crippen LogP contribution in [0.25, 0.3) is 16.9 Å². The standard InChI is InChI=1S/C21H21N7O2/c1-27(2)20(30)15-6-8-16(9-7-15)23-21-22-13-18-19(24-21)28(26-25-18)17-5-3-4-14(12-17)10-11-29/h3-9,12-13,29H,10-11H2,1-2H3,(H,22,23,24). The molecule has 0 spiro atoms. The summed E-state index contributed by atoms with van der Waals surface area (Å²) in [6, 6.07) is 14.8. The summed E-state index contributed by atoms with van der Waals surface area (Å²) in [5, 5.41) is 20.7. The molecule has 0 aliphatic heterocycles. The molecular weight excluding hydrogens is 382 g/mol. The van der Waals surface area contributed by atoms with Crippen molar-refractivity contribution in [2.24, 2.45) is 0 Å². The van der Waals surface area contributed by atoms with Gasteiger partial charge in [-0.05, 0) is 48.4 Å². The molecule has 2 aromatic carbocycles. The summed E-state index contributed by atoms with van der Waals surface area (Å²) in [6.07, 6.45) is 2.17. The Labute approximate surface area is 173 Å². The highest BCUT2D eigenvalue weighted by molar-refractivity contribution is 5.94. The Hall–Kier alpha value is -3.85. The average Bonchev–Trinajstić information content (AvgIpc) is 3.17. The molecule has 4 aromatic rings. The Bertz CT molecular complexity index is 1190. The molecule has 9 nitrogen and oxygen atoms in total. The first-order valence-electron chi connectivity index (χ1n) is 9.42. The van der Waals surface area contributed by atoms with Crippen LogP contribution in [0.4, 0.5) is 11.6 Å². The first-order chi connectivity index (χ1) is 14.5. The Balaban J connectivity index is 1.61. The van der Waals surface area contributed by atoms with Crippen LogP contribution in [0, 0.1) is 0 Å². The zero-order valence-corrected chi connectivity index (χ0v) is 16.6. The maximum atomic E-state index is 12.0. The molecule has 0 fully saturated rings. The maximum Gasteiger partial charge on any atom is 0.253 e. The molecule has 0 aliphatic carbocycles. The number of benzene rings is 2. The van der Waals surface area contributed by atoms with Gasteiger partial charge in [0, 0.05) is 32.0 Å². The van der Waals surface area contributed by atoms with Gasteiger partial charge < -0.3 is 15.3 Å². The molecule has 0 saturated carbocycles. The van der Waals surface area contributed by atoms with Crippen LogP contribution in [0.15, 0.2) is 54.7 Å². The number of aromatic nitrogens is 5. The van der Waals surface area contributed by atoms with E-state index in [9.17, 15) is 9.90 Å². The van der Waals surface area contributed by atoms with E-state index in [2.05, 4.69) is 25.6 Å². The average molecular weight is 403 g/mol. The number of rotatable bonds is 6. The molecule has 30 heavy (non-hydrogen) atoms. The van der Waals surface area contributed by atoms with Crippen LogP contribution in [-0.4, -0.2) is 61.6 Å². The number of nitrogens with zero attached hydrogens (tertiary/aromatic N) is 6. The van der Waals surface area contributed by atoms with E-state index in [1.807, 2.05) is 24.3 Å². The fourth-order valence-corrected chi connectivity index (χ4v) is 3.02. The van der Waals surface area contributed by atoms with Crippen LogP contribution in [0.2, 0.25) is 0 Å². The maximum absolute atomic E-state index is 12.0. The fraction of sp³-hybridized carbons (Fsp3) is 0.190. The molecule has 0 saturated heterocycles. The smallest absolute Gasteiger partial charge is 0.253 e. The van der Waals surface area contributed by atoms with E-state index in [0.717, 1.165) is 16.9 Å². The molecule has 4 rings (SSSR count). The second-order valence-electron chi connectivity index (χ2n) is 6.95. The molecule has 2 aromatic heterocycles. The lowest BCUT2D eigenvalue weighted by molar-refractivity contribution is 0.0827. The van der Waals surface area contributed by atoms with Crippen molar-refractivity contribution in [2.45, 2.75) is 6.42 Å². The number of aliphatic hydroxyl groups excluding tert-OH is 1. The molecule has 2 N–H and O–H groups in total. The third kappa shape index (κ3) is 3.96. The van der Waals surface area contributed by atoms with Crippen molar-refractivity contribution in [3.63, 3.8) is 0 Å². The third-order valence-electron chi connectivity index (χ3n) is 4.54. The van der Waals surface area contributed by atoms with Crippen LogP contribution < -0.4 is 5.32 Å². The van der Waals surface area contributed by atoms with Crippen LogP contribution in [0.1, 0.15) is 15.9 Å². The minimum atomic E-state index is -0.0578. The van der Waals surface area contributed by atoms with E-state index in [-0.39, 0.29) is 12.5 Å². The molecule has 0 atom stereocenters. The van der Waals surface area contributed by atoms with E-state index in [4.69, 9.17) is 0 Å². The molecule has 0 unspecified atom stereocenters. The Morgan fingerprint density at radius 3 is 2.70 bits per heavy atom. The lowest BCUT2D eigenvalue weighted by atomic mass is 10.1. The highest BCUT2D eigenvalue weighted by Crippen LogP contribution is 2.19. The highest BCUT2D eigenvalue weighted by atomic mass is 16.3. The van der Waals surface area contributed by atoms with E-state index in [1.54, 1.807) is 49.2 Å². The van der Waals surface area contributed by atoms with Crippen molar-refractivity contribution in [1.82, 2.24) is 29.9 Å². The van der Waals surface area contributed by atoms with E-state index in [1.165, 1.54) is 4.90 Å². The van der Waals surface area contributed by atoms with Gasteiger partial charge in [0.25, 0.3) is 5.91 Å². The first kappa shape index (κ1) is 19.5. The molecule has 152 valence electrons. The van der Waals surface area contributed by atoms with Gasteiger partial charge in [-0.25, -0.2) is 4.98 Å². The predicted octanol–water partition coefficient (Wildman–Crippen LogP) is 2.19. The van der Waals surface area contributed by atoms with Crippen LogP contribution in [0.3, 0.4) is 0 Å². The lowest BCUT2D eigenvalue weighted by Crippen LogP contribution is -2.21. The molecule has 0 aliphatic rings. The zero-order valence-electron chi connectivity index (χ0n) is 16.6. The van der Waals surface area contributed by atoms with Crippen molar-refractivity contribution < 1.29 is 9.90 Å². The van der Waals surface area contributed by atoms with Gasteiger partial charge in [0.05, 0.1) is 11.9 Å². The quantitative estimate of drug-likeness (QED) is 0.508. The highest BCUT2D eigenvalue weighted by Gasteiger charge is 2.12. The number of fused-ring (bicyclic) bond motifs is 1. The fourth-order valence-electron chi connectivity index (χ4n) is 3.02. The lowest BCUT2D eigenvalue weighted by Gasteiger charge is -2.11. The van der Waals surface area contributed by atoms with Gasteiger partial charge in [-0.2, -0.15) is 9.67 Å². The molecule has 0 radical (unpaired) electrons. The Morgan fingerprint density at radius 2 is 1.97 bits per heavy atom. The Kier molecular flexibility index (Phi) is 5.36. The second-order valence-corrected chi connectivity index (χ2v) is 6.95. The van der Waals surface area contributed by atoms with Crippen molar-refractivity contribution >= 4 is 28.7 Å². The van der Waals surface area contributed by atoms with Crippen molar-refractivity contribution in [1.29, 1.82) is 0 Å². The van der Waals surface area contributed by atoms with Crippen LogP contribution >= 0.6 is 0 Å². The number of anilines is 2. The topological polar surface area (TPSA) is 109 Å². The van der Waals surface area contributed by atoms with Crippen LogP contribution in [0.5, 0.6) is 0 Å². The predicted molar refractivity (Wildman–Crippen MR) is 113 cm³/mol. The molecular formula is C21H21N7O2. The molecule has 9 heteroatoms. The number of carbonyl (C=O) groups excluding carboxylic acids is 1. The largest absolute Gasteiger partial charge is 0.396 e. The van der Waals surface area contributed by atoms with Gasteiger partial charge in [-0.15, -0.1) is 5.10 Å². The number of hydrogen-bond acceptors (Lipinski definition) is 7. The summed E-state index contributed by atoms with van der Waals surface area (Å²) in [5.41, 5.74) is 4.30.